The normalized spacial score (nSPS) is 14.1. The van der Waals surface area contributed by atoms with Crippen molar-refractivity contribution in [1.29, 1.82) is 0 Å². The Labute approximate surface area is 206 Å². The number of rotatable bonds is 7. The molecular weight excluding hydrogens is 436 g/mol. The van der Waals surface area contributed by atoms with Crippen LogP contribution in [-0.2, 0) is 0 Å². The molecule has 1 saturated heterocycles. The zero-order chi connectivity index (χ0) is 24.0. The lowest BCUT2D eigenvalue weighted by Crippen LogP contribution is -2.48. The molecule has 0 saturated carbocycles. The van der Waals surface area contributed by atoms with Crippen LogP contribution in [0.2, 0.25) is 0 Å². The molecule has 0 bridgehead atoms. The second-order valence-corrected chi connectivity index (χ2v) is 8.84. The summed E-state index contributed by atoms with van der Waals surface area (Å²) >= 11 is 0. The van der Waals surface area contributed by atoms with E-state index in [4.69, 9.17) is 5.10 Å². The molecule has 178 valence electrons. The number of carbonyl (C=O) groups is 1. The van der Waals surface area contributed by atoms with Gasteiger partial charge in [0.15, 0.2) is 0 Å². The lowest BCUT2D eigenvalue weighted by atomic mass is 10.1. The van der Waals surface area contributed by atoms with Gasteiger partial charge in [0.05, 0.1) is 11.3 Å². The summed E-state index contributed by atoms with van der Waals surface area (Å²) in [6, 6.07) is 22.3. The molecule has 2 aromatic carbocycles. The van der Waals surface area contributed by atoms with Crippen LogP contribution in [0.5, 0.6) is 0 Å². The maximum absolute atomic E-state index is 13.2. The van der Waals surface area contributed by atoms with E-state index in [0.29, 0.717) is 17.8 Å². The van der Waals surface area contributed by atoms with Crippen LogP contribution in [0.15, 0.2) is 85.3 Å². The van der Waals surface area contributed by atoms with Gasteiger partial charge in [-0.2, -0.15) is 5.10 Å². The molecule has 0 spiro atoms. The van der Waals surface area contributed by atoms with Crippen LogP contribution in [-0.4, -0.2) is 64.8 Å². The molecule has 1 amide bonds. The first-order chi connectivity index (χ1) is 17.2. The highest BCUT2D eigenvalue weighted by atomic mass is 16.1. The maximum atomic E-state index is 13.2. The Morgan fingerprint density at radius 3 is 2.49 bits per heavy atom. The quantitative estimate of drug-likeness (QED) is 0.449. The minimum atomic E-state index is -0.121. The van der Waals surface area contributed by atoms with Gasteiger partial charge in [-0.3, -0.25) is 14.7 Å². The van der Waals surface area contributed by atoms with Gasteiger partial charge in [0.2, 0.25) is 0 Å². The third-order valence-corrected chi connectivity index (χ3v) is 6.37. The number of para-hydroxylation sites is 1. The number of amides is 1. The lowest BCUT2D eigenvalue weighted by molar-refractivity contribution is 0.0948. The summed E-state index contributed by atoms with van der Waals surface area (Å²) in [5, 5.41) is 7.82. The fraction of sp³-hybridized carbons (Fsp3) is 0.250. The molecule has 1 aliphatic heterocycles. The van der Waals surface area contributed by atoms with E-state index in [2.05, 4.69) is 51.3 Å². The summed E-state index contributed by atoms with van der Waals surface area (Å²) in [6.45, 7) is 7.49. The first-order valence-corrected chi connectivity index (χ1v) is 12.0. The molecule has 1 fully saturated rings. The second-order valence-electron chi connectivity index (χ2n) is 8.84. The van der Waals surface area contributed by atoms with E-state index in [1.807, 2.05) is 42.5 Å². The number of carbonyl (C=O) groups excluding carboxylic acids is 1. The third kappa shape index (κ3) is 5.41. The molecular formula is C28H30N6O. The van der Waals surface area contributed by atoms with Crippen LogP contribution in [0.3, 0.4) is 0 Å². The number of aryl methyl sites for hydroxylation is 1. The van der Waals surface area contributed by atoms with Crippen LogP contribution in [0.4, 0.5) is 5.69 Å². The monoisotopic (exact) mass is 466 g/mol. The predicted octanol–water partition coefficient (Wildman–Crippen LogP) is 3.79. The molecule has 7 nitrogen and oxygen atoms in total. The Hall–Kier alpha value is -3.97. The number of anilines is 1. The Bertz CT molecular complexity index is 1260. The van der Waals surface area contributed by atoms with Crippen LogP contribution in [0.1, 0.15) is 15.9 Å². The highest BCUT2D eigenvalue weighted by Crippen LogP contribution is 2.23. The number of piperazine rings is 1. The van der Waals surface area contributed by atoms with E-state index in [0.717, 1.165) is 44.0 Å². The molecule has 1 N–H and O–H groups in total. The van der Waals surface area contributed by atoms with Crippen molar-refractivity contribution in [2.24, 2.45) is 0 Å². The van der Waals surface area contributed by atoms with E-state index in [1.165, 1.54) is 11.3 Å². The predicted molar refractivity (Wildman–Crippen MR) is 139 cm³/mol. The number of benzene rings is 2. The summed E-state index contributed by atoms with van der Waals surface area (Å²) < 4.78 is 1.75. The number of aromatic nitrogens is 3. The van der Waals surface area contributed by atoms with Crippen LogP contribution < -0.4 is 10.2 Å². The van der Waals surface area contributed by atoms with E-state index < -0.39 is 0 Å². The first-order valence-electron chi connectivity index (χ1n) is 12.0. The minimum absolute atomic E-state index is 0.121. The number of hydrogen-bond donors (Lipinski definition) is 1. The Morgan fingerprint density at radius 1 is 0.943 bits per heavy atom. The van der Waals surface area contributed by atoms with Gasteiger partial charge < -0.3 is 10.2 Å². The average molecular weight is 467 g/mol. The molecule has 35 heavy (non-hydrogen) atoms. The van der Waals surface area contributed by atoms with Crippen molar-refractivity contribution < 1.29 is 4.79 Å². The standard InChI is InChI=1S/C28H30N6O/c1-22-7-5-11-25(19-22)33-17-15-32(16-18-33)14-13-30-28(35)26-21-34(24-9-3-2-4-10-24)31-27(26)23-8-6-12-29-20-23/h2-12,19-21H,13-18H2,1H3,(H,30,35). The van der Waals surface area contributed by atoms with Crippen molar-refractivity contribution in [3.63, 3.8) is 0 Å². The van der Waals surface area contributed by atoms with E-state index >= 15 is 0 Å². The van der Waals surface area contributed by atoms with Crippen molar-refractivity contribution in [2.45, 2.75) is 6.92 Å². The number of nitrogens with one attached hydrogen (secondary N) is 1. The Balaban J connectivity index is 1.21. The zero-order valence-electron chi connectivity index (χ0n) is 20.0. The zero-order valence-corrected chi connectivity index (χ0v) is 20.0. The lowest BCUT2D eigenvalue weighted by Gasteiger charge is -2.36. The molecule has 0 aliphatic carbocycles. The summed E-state index contributed by atoms with van der Waals surface area (Å²) in [5.41, 5.74) is 5.48. The van der Waals surface area contributed by atoms with E-state index in [1.54, 1.807) is 23.3 Å². The highest BCUT2D eigenvalue weighted by Gasteiger charge is 2.20. The molecule has 1 aliphatic rings. The van der Waals surface area contributed by atoms with E-state index in [9.17, 15) is 4.79 Å². The van der Waals surface area contributed by atoms with Gasteiger partial charge >= 0.3 is 0 Å². The molecule has 5 rings (SSSR count). The molecule has 0 radical (unpaired) electrons. The van der Waals surface area contributed by atoms with Gasteiger partial charge in [0.25, 0.3) is 5.91 Å². The van der Waals surface area contributed by atoms with Crippen molar-refractivity contribution in [2.75, 3.05) is 44.2 Å². The van der Waals surface area contributed by atoms with Crippen LogP contribution in [0.25, 0.3) is 16.9 Å². The average Bonchev–Trinajstić information content (AvgIpc) is 3.36. The van der Waals surface area contributed by atoms with Gasteiger partial charge in [-0.15, -0.1) is 0 Å². The van der Waals surface area contributed by atoms with Gasteiger partial charge in [-0.05, 0) is 48.9 Å². The number of pyridine rings is 1. The van der Waals surface area contributed by atoms with E-state index in [-0.39, 0.29) is 5.91 Å². The molecule has 0 atom stereocenters. The Kier molecular flexibility index (Phi) is 6.86. The first kappa shape index (κ1) is 22.8. The fourth-order valence-electron chi connectivity index (χ4n) is 4.45. The summed E-state index contributed by atoms with van der Waals surface area (Å²) in [6.07, 6.45) is 5.26. The van der Waals surface area contributed by atoms with Crippen LogP contribution >= 0.6 is 0 Å². The fourth-order valence-corrected chi connectivity index (χ4v) is 4.45. The smallest absolute Gasteiger partial charge is 0.255 e. The topological polar surface area (TPSA) is 66.3 Å². The summed E-state index contributed by atoms with van der Waals surface area (Å²) in [5.74, 6) is -0.121. The number of hydrogen-bond acceptors (Lipinski definition) is 5. The number of nitrogens with zero attached hydrogens (tertiary/aromatic N) is 5. The van der Waals surface area contributed by atoms with Gasteiger partial charge in [0, 0.05) is 69.1 Å². The summed E-state index contributed by atoms with van der Waals surface area (Å²) in [4.78, 5) is 22.2. The largest absolute Gasteiger partial charge is 0.369 e. The molecule has 7 heteroatoms. The second kappa shape index (κ2) is 10.5. The van der Waals surface area contributed by atoms with Crippen LogP contribution in [0, 0.1) is 6.92 Å². The molecule has 2 aromatic heterocycles. The minimum Gasteiger partial charge on any atom is -0.369 e. The van der Waals surface area contributed by atoms with Crippen molar-refractivity contribution in [3.05, 3.63) is 96.4 Å². The maximum Gasteiger partial charge on any atom is 0.255 e. The Morgan fingerprint density at radius 2 is 1.74 bits per heavy atom. The van der Waals surface area contributed by atoms with Crippen molar-refractivity contribution >= 4 is 11.6 Å². The molecule has 3 heterocycles. The molecule has 0 unspecified atom stereocenters. The van der Waals surface area contributed by atoms with Gasteiger partial charge in [-0.25, -0.2) is 4.68 Å². The third-order valence-electron chi connectivity index (χ3n) is 6.37. The van der Waals surface area contributed by atoms with Crippen molar-refractivity contribution in [1.82, 2.24) is 25.0 Å². The SMILES string of the molecule is Cc1cccc(N2CCN(CCNC(=O)c3cn(-c4ccccc4)nc3-c3cccnc3)CC2)c1. The van der Waals surface area contributed by atoms with Gasteiger partial charge in [-0.1, -0.05) is 30.3 Å². The van der Waals surface area contributed by atoms with Crippen molar-refractivity contribution in [3.8, 4) is 16.9 Å². The highest BCUT2D eigenvalue weighted by molar-refractivity contribution is 5.99. The summed E-state index contributed by atoms with van der Waals surface area (Å²) in [7, 11) is 0. The molecule has 4 aromatic rings. The van der Waals surface area contributed by atoms with Gasteiger partial charge in [0.1, 0.15) is 5.69 Å².